The first-order chi connectivity index (χ1) is 8.07. The molecule has 0 saturated carbocycles. The minimum absolute atomic E-state index is 0.173. The van der Waals surface area contributed by atoms with Crippen LogP contribution in [0.2, 0.25) is 0 Å². The summed E-state index contributed by atoms with van der Waals surface area (Å²) in [6.07, 6.45) is 0. The van der Waals surface area contributed by atoms with Crippen LogP contribution in [0, 0.1) is 10.1 Å². The van der Waals surface area contributed by atoms with Crippen molar-refractivity contribution < 1.29 is 19.6 Å². The van der Waals surface area contributed by atoms with Gasteiger partial charge in [-0.05, 0) is 12.1 Å². The Morgan fingerprint density at radius 2 is 2.29 bits per heavy atom. The summed E-state index contributed by atoms with van der Waals surface area (Å²) in [5.74, 6) is -1.33. The third-order valence-electron chi connectivity index (χ3n) is 2.07. The predicted octanol–water partition coefficient (Wildman–Crippen LogP) is 1.35. The van der Waals surface area contributed by atoms with Crippen molar-refractivity contribution >= 4 is 17.3 Å². The van der Waals surface area contributed by atoms with Crippen LogP contribution in [0.5, 0.6) is 0 Å². The van der Waals surface area contributed by atoms with E-state index in [-0.39, 0.29) is 11.3 Å². The highest BCUT2D eigenvalue weighted by atomic mass is 16.6. The minimum Gasteiger partial charge on any atom is -0.477 e. The van der Waals surface area contributed by atoms with Gasteiger partial charge in [0.05, 0.1) is 11.5 Å². The molecule has 7 nitrogen and oxygen atoms in total. The van der Waals surface area contributed by atoms with Crippen LogP contribution >= 0.6 is 0 Å². The molecule has 0 aliphatic carbocycles. The van der Waals surface area contributed by atoms with Crippen LogP contribution in [0.15, 0.2) is 18.2 Å². The topological polar surface area (TPSA) is 102 Å². The number of carboxylic acid groups (broad SMARTS) is 1. The lowest BCUT2D eigenvalue weighted by atomic mass is 10.1. The Kier molecular flexibility index (Phi) is 4.41. The maximum Gasteiger partial charge on any atom is 0.342 e. The molecule has 0 aromatic heterocycles. The van der Waals surface area contributed by atoms with Crippen LogP contribution in [0.25, 0.3) is 0 Å². The number of rotatable bonds is 6. The molecule has 0 heterocycles. The van der Waals surface area contributed by atoms with Crippen LogP contribution in [0.3, 0.4) is 0 Å². The highest BCUT2D eigenvalue weighted by molar-refractivity contribution is 5.95. The summed E-state index contributed by atoms with van der Waals surface area (Å²) in [7, 11) is 1.50. The molecule has 0 fully saturated rings. The van der Waals surface area contributed by atoms with Crippen molar-refractivity contribution in [2.75, 3.05) is 25.6 Å². The smallest absolute Gasteiger partial charge is 0.342 e. The molecule has 0 radical (unpaired) electrons. The number of para-hydroxylation sites is 1. The predicted molar refractivity (Wildman–Crippen MR) is 60.4 cm³/mol. The largest absolute Gasteiger partial charge is 0.477 e. The van der Waals surface area contributed by atoms with Gasteiger partial charge in [-0.3, -0.25) is 10.1 Å². The lowest BCUT2D eigenvalue weighted by molar-refractivity contribution is -0.384. The van der Waals surface area contributed by atoms with Gasteiger partial charge in [-0.1, -0.05) is 6.07 Å². The van der Waals surface area contributed by atoms with Crippen LogP contribution in [-0.2, 0) is 4.74 Å². The zero-order valence-corrected chi connectivity index (χ0v) is 9.17. The second-order valence-corrected chi connectivity index (χ2v) is 3.18. The van der Waals surface area contributed by atoms with E-state index in [0.717, 1.165) is 0 Å². The van der Waals surface area contributed by atoms with Gasteiger partial charge in [0.1, 0.15) is 11.3 Å². The average Bonchev–Trinajstić information content (AvgIpc) is 2.28. The molecule has 0 bridgehead atoms. The Labute approximate surface area is 97.2 Å². The summed E-state index contributed by atoms with van der Waals surface area (Å²) in [5, 5.41) is 22.5. The van der Waals surface area contributed by atoms with Gasteiger partial charge in [0.25, 0.3) is 0 Å². The third-order valence-corrected chi connectivity index (χ3v) is 2.07. The molecule has 1 aromatic rings. The Morgan fingerprint density at radius 3 is 2.82 bits per heavy atom. The third kappa shape index (κ3) is 3.15. The zero-order valence-electron chi connectivity index (χ0n) is 9.17. The second kappa shape index (κ2) is 5.80. The molecule has 7 heteroatoms. The molecule has 92 valence electrons. The number of nitrogens with one attached hydrogen (secondary N) is 1. The Morgan fingerprint density at radius 1 is 1.59 bits per heavy atom. The zero-order chi connectivity index (χ0) is 12.8. The van der Waals surface area contributed by atoms with Gasteiger partial charge < -0.3 is 15.2 Å². The number of hydrogen-bond acceptors (Lipinski definition) is 5. The summed E-state index contributed by atoms with van der Waals surface area (Å²) in [6.45, 7) is 0.731. The van der Waals surface area contributed by atoms with Crippen molar-refractivity contribution in [1.29, 1.82) is 0 Å². The Balaban J connectivity index is 3.07. The average molecular weight is 240 g/mol. The van der Waals surface area contributed by atoms with Crippen molar-refractivity contribution in [2.45, 2.75) is 0 Å². The quantitative estimate of drug-likeness (QED) is 0.442. The van der Waals surface area contributed by atoms with Gasteiger partial charge in [0.2, 0.25) is 0 Å². The molecular weight excluding hydrogens is 228 g/mol. The second-order valence-electron chi connectivity index (χ2n) is 3.18. The molecule has 0 spiro atoms. The van der Waals surface area contributed by atoms with Crippen molar-refractivity contribution in [1.82, 2.24) is 0 Å². The van der Waals surface area contributed by atoms with Gasteiger partial charge in [-0.25, -0.2) is 4.79 Å². The first-order valence-corrected chi connectivity index (χ1v) is 4.81. The van der Waals surface area contributed by atoms with Gasteiger partial charge in [-0.2, -0.15) is 0 Å². The summed E-state index contributed by atoms with van der Waals surface area (Å²) < 4.78 is 4.79. The van der Waals surface area contributed by atoms with Gasteiger partial charge in [0, 0.05) is 13.7 Å². The van der Waals surface area contributed by atoms with Gasteiger partial charge in [-0.15, -0.1) is 0 Å². The summed E-state index contributed by atoms with van der Waals surface area (Å²) in [5.41, 5.74) is -0.597. The fraction of sp³-hybridized carbons (Fsp3) is 0.300. The highest BCUT2D eigenvalue weighted by Crippen LogP contribution is 2.28. The number of carboxylic acids is 1. The number of ether oxygens (including phenoxy) is 1. The molecule has 0 unspecified atom stereocenters. The van der Waals surface area contributed by atoms with E-state index in [1.165, 1.54) is 25.3 Å². The number of aromatic carboxylic acids is 1. The number of carbonyl (C=O) groups is 1. The maximum absolute atomic E-state index is 10.9. The van der Waals surface area contributed by atoms with E-state index >= 15 is 0 Å². The molecule has 0 aliphatic heterocycles. The van der Waals surface area contributed by atoms with E-state index in [1.54, 1.807) is 0 Å². The number of methoxy groups -OCH3 is 1. The molecule has 0 amide bonds. The molecule has 2 N–H and O–H groups in total. The Bertz CT molecular complexity index is 433. The molecule has 17 heavy (non-hydrogen) atoms. The number of anilines is 1. The van der Waals surface area contributed by atoms with Crippen LogP contribution in [0.4, 0.5) is 11.4 Å². The standard InChI is InChI=1S/C10H12N2O5/c1-17-6-5-11-8-4-2-3-7(10(13)14)9(8)12(15)16/h2-4,11H,5-6H2,1H3,(H,13,14). The van der Waals surface area contributed by atoms with E-state index in [1.807, 2.05) is 0 Å². The van der Waals surface area contributed by atoms with E-state index < -0.39 is 16.6 Å². The maximum atomic E-state index is 10.9. The lowest BCUT2D eigenvalue weighted by Gasteiger charge is -2.07. The molecule has 1 rings (SSSR count). The normalized spacial score (nSPS) is 9.94. The van der Waals surface area contributed by atoms with Crippen LogP contribution < -0.4 is 5.32 Å². The van der Waals surface area contributed by atoms with E-state index in [9.17, 15) is 14.9 Å². The molecule has 0 saturated heterocycles. The van der Waals surface area contributed by atoms with E-state index in [4.69, 9.17) is 9.84 Å². The molecule has 0 atom stereocenters. The fourth-order valence-electron chi connectivity index (χ4n) is 1.34. The van der Waals surface area contributed by atoms with Crippen molar-refractivity contribution in [2.24, 2.45) is 0 Å². The Hall–Kier alpha value is -2.15. The highest BCUT2D eigenvalue weighted by Gasteiger charge is 2.23. The van der Waals surface area contributed by atoms with E-state index in [0.29, 0.717) is 13.2 Å². The first-order valence-electron chi connectivity index (χ1n) is 4.81. The number of benzene rings is 1. The van der Waals surface area contributed by atoms with Crippen molar-refractivity contribution in [3.63, 3.8) is 0 Å². The first kappa shape index (κ1) is 12.9. The molecular formula is C10H12N2O5. The van der Waals surface area contributed by atoms with Crippen molar-refractivity contribution in [3.8, 4) is 0 Å². The fourth-order valence-corrected chi connectivity index (χ4v) is 1.34. The van der Waals surface area contributed by atoms with Gasteiger partial charge in [0.15, 0.2) is 0 Å². The van der Waals surface area contributed by atoms with Crippen molar-refractivity contribution in [3.05, 3.63) is 33.9 Å². The monoisotopic (exact) mass is 240 g/mol. The van der Waals surface area contributed by atoms with Gasteiger partial charge >= 0.3 is 11.7 Å². The van der Waals surface area contributed by atoms with Crippen LogP contribution in [0.1, 0.15) is 10.4 Å². The number of nitro benzene ring substituents is 1. The number of hydrogen-bond donors (Lipinski definition) is 2. The molecule has 0 aliphatic rings. The summed E-state index contributed by atoms with van der Waals surface area (Å²) >= 11 is 0. The number of nitrogens with zero attached hydrogens (tertiary/aromatic N) is 1. The summed E-state index contributed by atoms with van der Waals surface area (Å²) in [4.78, 5) is 21.0. The lowest BCUT2D eigenvalue weighted by Crippen LogP contribution is -2.11. The summed E-state index contributed by atoms with van der Waals surface area (Å²) in [6, 6.07) is 4.10. The van der Waals surface area contributed by atoms with Crippen LogP contribution in [-0.4, -0.2) is 36.3 Å². The minimum atomic E-state index is -1.33. The SMILES string of the molecule is COCCNc1cccc(C(=O)O)c1[N+](=O)[O-]. The molecule has 1 aromatic carbocycles. The van der Waals surface area contributed by atoms with E-state index in [2.05, 4.69) is 5.32 Å². The number of nitro groups is 1.